The molecule has 120 valence electrons. The fourth-order valence-electron chi connectivity index (χ4n) is 1.44. The third-order valence-electron chi connectivity index (χ3n) is 2.62. The molecule has 0 spiro atoms. The molecule has 22 heavy (non-hydrogen) atoms. The summed E-state index contributed by atoms with van der Waals surface area (Å²) < 4.78 is 0. The van der Waals surface area contributed by atoms with Crippen molar-refractivity contribution in [1.29, 1.82) is 0 Å². The molecule has 10 heteroatoms. The number of aliphatic carboxylic acids is 2. The average Bonchev–Trinajstić information content (AvgIpc) is 3.12. The van der Waals surface area contributed by atoms with E-state index in [2.05, 4.69) is 19.9 Å². The number of hydrogen-bond acceptors (Lipinski definition) is 6. The van der Waals surface area contributed by atoms with Crippen molar-refractivity contribution in [3.63, 3.8) is 0 Å². The van der Waals surface area contributed by atoms with E-state index in [4.69, 9.17) is 21.7 Å². The van der Waals surface area contributed by atoms with Crippen molar-refractivity contribution in [3.05, 3.63) is 36.4 Å². The second kappa shape index (κ2) is 8.54. The van der Waals surface area contributed by atoms with E-state index in [1.54, 1.807) is 12.4 Å². The van der Waals surface area contributed by atoms with Gasteiger partial charge in [0.25, 0.3) is 0 Å². The topological polar surface area (TPSA) is 184 Å². The number of H-pyrrole nitrogens is 2. The standard InChI is InChI=1S/2C6H9N3O2/c2*7-5(6(10)11)1-4-2-8-3-9-4/h2*2-3,5H,1,7H2,(H,8,9)(H,10,11)/t2*5-/m10/s1. The van der Waals surface area contributed by atoms with E-state index in [-0.39, 0.29) is 12.8 Å². The van der Waals surface area contributed by atoms with Gasteiger partial charge in [0.1, 0.15) is 12.1 Å². The number of imidazole rings is 2. The highest BCUT2D eigenvalue weighted by Gasteiger charge is 2.12. The van der Waals surface area contributed by atoms with Crippen LogP contribution in [0.5, 0.6) is 0 Å². The summed E-state index contributed by atoms with van der Waals surface area (Å²) in [6, 6.07) is -1.70. The number of hydrogen-bond donors (Lipinski definition) is 6. The monoisotopic (exact) mass is 310 g/mol. The molecule has 2 rings (SSSR count). The molecule has 2 heterocycles. The van der Waals surface area contributed by atoms with E-state index >= 15 is 0 Å². The number of carboxylic acids is 2. The van der Waals surface area contributed by atoms with Gasteiger partial charge >= 0.3 is 11.9 Å². The zero-order valence-corrected chi connectivity index (χ0v) is 11.6. The first kappa shape index (κ1) is 17.3. The molecule has 2 aromatic rings. The molecule has 0 aliphatic heterocycles. The van der Waals surface area contributed by atoms with Gasteiger partial charge < -0.3 is 31.6 Å². The lowest BCUT2D eigenvalue weighted by Gasteiger charge is -2.02. The minimum atomic E-state index is -1.00. The summed E-state index contributed by atoms with van der Waals surface area (Å²) in [4.78, 5) is 33.5. The average molecular weight is 310 g/mol. The maximum atomic E-state index is 10.3. The summed E-state index contributed by atoms with van der Waals surface area (Å²) in [6.07, 6.45) is 6.67. The van der Waals surface area contributed by atoms with Gasteiger partial charge in [-0.25, -0.2) is 9.97 Å². The number of nitrogens with zero attached hydrogens (tertiary/aromatic N) is 2. The summed E-state index contributed by atoms with van der Waals surface area (Å²) in [5.74, 6) is -2.00. The Morgan fingerprint density at radius 2 is 1.32 bits per heavy atom. The highest BCUT2D eigenvalue weighted by atomic mass is 16.4. The largest absolute Gasteiger partial charge is 0.480 e. The van der Waals surface area contributed by atoms with Crippen LogP contribution in [0.1, 0.15) is 11.4 Å². The van der Waals surface area contributed by atoms with Gasteiger partial charge in [0.2, 0.25) is 0 Å². The number of aromatic nitrogens is 4. The third-order valence-corrected chi connectivity index (χ3v) is 2.62. The number of carbonyl (C=O) groups is 2. The maximum Gasteiger partial charge on any atom is 0.320 e. The van der Waals surface area contributed by atoms with Crippen molar-refractivity contribution < 1.29 is 19.8 Å². The predicted octanol–water partition coefficient (Wildman–Crippen LogP) is -1.27. The normalized spacial score (nSPS) is 12.8. The molecule has 0 saturated heterocycles. The third kappa shape index (κ3) is 6.15. The van der Waals surface area contributed by atoms with Crippen molar-refractivity contribution in [2.75, 3.05) is 0 Å². The molecule has 0 radical (unpaired) electrons. The number of nitrogens with two attached hydrogens (primary N) is 2. The zero-order valence-electron chi connectivity index (χ0n) is 11.6. The molecule has 0 bridgehead atoms. The van der Waals surface area contributed by atoms with E-state index in [0.29, 0.717) is 0 Å². The number of rotatable bonds is 6. The van der Waals surface area contributed by atoms with Crippen LogP contribution in [0.4, 0.5) is 0 Å². The van der Waals surface area contributed by atoms with Crippen LogP contribution in [-0.4, -0.2) is 54.2 Å². The van der Waals surface area contributed by atoms with E-state index in [1.807, 2.05) is 0 Å². The van der Waals surface area contributed by atoms with Crippen LogP contribution in [0.2, 0.25) is 0 Å². The summed E-state index contributed by atoms with van der Waals surface area (Å²) >= 11 is 0. The fraction of sp³-hybridized carbons (Fsp3) is 0.333. The molecule has 0 aliphatic rings. The van der Waals surface area contributed by atoms with Crippen LogP contribution in [-0.2, 0) is 22.4 Å². The molecule has 10 nitrogen and oxygen atoms in total. The highest BCUT2D eigenvalue weighted by Crippen LogP contribution is 1.96. The summed E-state index contributed by atoms with van der Waals surface area (Å²) in [6.45, 7) is 0. The Balaban J connectivity index is 0.000000220. The van der Waals surface area contributed by atoms with Crippen molar-refractivity contribution >= 4 is 11.9 Å². The molecule has 0 aliphatic carbocycles. The molecule has 0 fully saturated rings. The lowest BCUT2D eigenvalue weighted by molar-refractivity contribution is -0.139. The first-order valence-electron chi connectivity index (χ1n) is 6.31. The minimum absolute atomic E-state index is 0.287. The van der Waals surface area contributed by atoms with Crippen LogP contribution in [0.3, 0.4) is 0 Å². The number of carboxylic acid groups (broad SMARTS) is 2. The van der Waals surface area contributed by atoms with Gasteiger partial charge in [-0.15, -0.1) is 0 Å². The molecule has 2 aromatic heterocycles. The lowest BCUT2D eigenvalue weighted by atomic mass is 10.2. The van der Waals surface area contributed by atoms with Gasteiger partial charge in [0.15, 0.2) is 0 Å². The molecule has 0 saturated carbocycles. The van der Waals surface area contributed by atoms with E-state index in [1.165, 1.54) is 12.7 Å². The van der Waals surface area contributed by atoms with Crippen molar-refractivity contribution in [1.82, 2.24) is 19.9 Å². The van der Waals surface area contributed by atoms with Crippen LogP contribution in [0.15, 0.2) is 25.0 Å². The van der Waals surface area contributed by atoms with Gasteiger partial charge in [-0.2, -0.15) is 0 Å². The molecule has 0 aromatic carbocycles. The molecule has 0 unspecified atom stereocenters. The minimum Gasteiger partial charge on any atom is -0.480 e. The maximum absolute atomic E-state index is 10.3. The van der Waals surface area contributed by atoms with Gasteiger partial charge in [-0.1, -0.05) is 0 Å². The van der Waals surface area contributed by atoms with Crippen LogP contribution in [0.25, 0.3) is 0 Å². The van der Waals surface area contributed by atoms with E-state index < -0.39 is 24.0 Å². The van der Waals surface area contributed by atoms with Crippen molar-refractivity contribution in [2.45, 2.75) is 24.9 Å². The number of aromatic amines is 2. The van der Waals surface area contributed by atoms with Gasteiger partial charge in [0, 0.05) is 36.6 Å². The second-order valence-electron chi connectivity index (χ2n) is 4.45. The highest BCUT2D eigenvalue weighted by molar-refractivity contribution is 5.73. The van der Waals surface area contributed by atoms with Crippen LogP contribution >= 0.6 is 0 Å². The van der Waals surface area contributed by atoms with Gasteiger partial charge in [-0.3, -0.25) is 9.59 Å². The first-order valence-corrected chi connectivity index (χ1v) is 6.31. The summed E-state index contributed by atoms with van der Waals surface area (Å²) in [5.41, 5.74) is 12.0. The van der Waals surface area contributed by atoms with E-state index in [9.17, 15) is 9.59 Å². The summed E-state index contributed by atoms with van der Waals surface area (Å²) in [5, 5.41) is 16.8. The Bertz CT molecular complexity index is 516. The molecular formula is C12H18N6O4. The molecule has 8 N–H and O–H groups in total. The number of nitrogens with one attached hydrogen (secondary N) is 2. The molecule has 2 atom stereocenters. The molecular weight excluding hydrogens is 292 g/mol. The van der Waals surface area contributed by atoms with E-state index in [0.717, 1.165) is 11.4 Å². The fourth-order valence-corrected chi connectivity index (χ4v) is 1.44. The second-order valence-corrected chi connectivity index (χ2v) is 4.45. The predicted molar refractivity (Wildman–Crippen MR) is 75.8 cm³/mol. The Labute approximate surface area is 125 Å². The smallest absolute Gasteiger partial charge is 0.320 e. The quantitative estimate of drug-likeness (QED) is 0.381. The van der Waals surface area contributed by atoms with Gasteiger partial charge in [-0.05, 0) is 0 Å². The zero-order chi connectivity index (χ0) is 16.5. The first-order chi connectivity index (χ1) is 10.4. The Morgan fingerprint density at radius 3 is 1.55 bits per heavy atom. The Hall–Kier alpha value is -2.72. The van der Waals surface area contributed by atoms with Crippen LogP contribution in [0, 0.1) is 0 Å². The Morgan fingerprint density at radius 1 is 0.955 bits per heavy atom. The molecule has 0 amide bonds. The van der Waals surface area contributed by atoms with Crippen molar-refractivity contribution in [3.8, 4) is 0 Å². The SMILES string of the molecule is N[C@@H](Cc1cnc[nH]1)C(=O)O.N[C@H](Cc1cnc[nH]1)C(=O)O. The Kier molecular flexibility index (Phi) is 6.73. The van der Waals surface area contributed by atoms with Crippen LogP contribution < -0.4 is 11.5 Å². The lowest BCUT2D eigenvalue weighted by Crippen LogP contribution is -2.32. The summed E-state index contributed by atoms with van der Waals surface area (Å²) in [7, 11) is 0. The van der Waals surface area contributed by atoms with Crippen molar-refractivity contribution in [2.24, 2.45) is 11.5 Å². The van der Waals surface area contributed by atoms with Gasteiger partial charge in [0.05, 0.1) is 12.7 Å².